The third-order valence-corrected chi connectivity index (χ3v) is 6.13. The average molecular weight is 495 g/mol. The van der Waals surface area contributed by atoms with Crippen molar-refractivity contribution >= 4 is 35.0 Å². The van der Waals surface area contributed by atoms with Crippen molar-refractivity contribution in [1.29, 1.82) is 0 Å². The van der Waals surface area contributed by atoms with Crippen LogP contribution in [0, 0.1) is 0 Å². The monoisotopic (exact) mass is 494 g/mol. The molecule has 1 unspecified atom stereocenters. The number of hydrogen-bond donors (Lipinski definition) is 1. The molecule has 34 heavy (non-hydrogen) atoms. The van der Waals surface area contributed by atoms with Gasteiger partial charge in [0.1, 0.15) is 11.5 Å². The zero-order valence-electron chi connectivity index (χ0n) is 18.6. The second kappa shape index (κ2) is 11.1. The zero-order chi connectivity index (χ0) is 23.9. The van der Waals surface area contributed by atoms with Crippen LogP contribution in [0.1, 0.15) is 18.9 Å². The molecule has 4 rings (SSSR count). The van der Waals surface area contributed by atoms with Gasteiger partial charge in [-0.2, -0.15) is 0 Å². The number of para-hydroxylation sites is 4. The summed E-state index contributed by atoms with van der Waals surface area (Å²) in [6.07, 6.45) is -0.440. The molecule has 174 valence electrons. The van der Waals surface area contributed by atoms with Gasteiger partial charge in [0.15, 0.2) is 17.1 Å². The van der Waals surface area contributed by atoms with Gasteiger partial charge < -0.3 is 14.8 Å². The van der Waals surface area contributed by atoms with E-state index in [9.17, 15) is 4.79 Å². The van der Waals surface area contributed by atoms with Crippen LogP contribution in [-0.4, -0.2) is 33.5 Å². The van der Waals surface area contributed by atoms with E-state index in [1.807, 2.05) is 66.1 Å². The van der Waals surface area contributed by atoms with Gasteiger partial charge in [-0.25, -0.2) is 0 Å². The summed E-state index contributed by atoms with van der Waals surface area (Å²) in [6.45, 7) is 1.88. The number of nitrogens with one attached hydrogen (secondary N) is 1. The van der Waals surface area contributed by atoms with Crippen LogP contribution in [0.15, 0.2) is 84.0 Å². The molecule has 0 bridgehead atoms. The summed E-state index contributed by atoms with van der Waals surface area (Å²) < 4.78 is 13.3. The molecule has 4 aromatic rings. The van der Waals surface area contributed by atoms with E-state index in [-0.39, 0.29) is 11.7 Å². The smallest absolute Gasteiger partial charge is 0.234 e. The van der Waals surface area contributed by atoms with Crippen LogP contribution in [-0.2, 0) is 4.79 Å². The van der Waals surface area contributed by atoms with E-state index >= 15 is 0 Å². The molecule has 1 aromatic heterocycles. The topological polar surface area (TPSA) is 78.3 Å². The summed E-state index contributed by atoms with van der Waals surface area (Å²) in [4.78, 5) is 12.6. The van der Waals surface area contributed by atoms with Crippen LogP contribution in [0.25, 0.3) is 5.69 Å². The summed E-state index contributed by atoms with van der Waals surface area (Å²) in [5, 5.41) is 12.7. The molecule has 1 amide bonds. The van der Waals surface area contributed by atoms with Gasteiger partial charge in [0.05, 0.1) is 23.6 Å². The molecule has 1 heterocycles. The maximum atomic E-state index is 12.6. The molecule has 0 aliphatic carbocycles. The minimum Gasteiger partial charge on any atom is -0.495 e. The molecule has 1 N–H and O–H groups in total. The van der Waals surface area contributed by atoms with Crippen molar-refractivity contribution < 1.29 is 14.3 Å². The lowest BCUT2D eigenvalue weighted by Crippen LogP contribution is -2.15. The number of benzene rings is 3. The van der Waals surface area contributed by atoms with E-state index in [0.29, 0.717) is 33.2 Å². The number of thioether (sulfide) groups is 1. The molecule has 3 aromatic carbocycles. The normalized spacial score (nSPS) is 11.6. The Morgan fingerprint density at radius 3 is 2.41 bits per heavy atom. The minimum absolute atomic E-state index is 0.142. The Morgan fingerprint density at radius 1 is 1.00 bits per heavy atom. The van der Waals surface area contributed by atoms with Crippen molar-refractivity contribution in [3.8, 4) is 17.2 Å². The highest BCUT2D eigenvalue weighted by atomic mass is 35.5. The van der Waals surface area contributed by atoms with Gasteiger partial charge >= 0.3 is 0 Å². The van der Waals surface area contributed by atoms with Gasteiger partial charge in [0, 0.05) is 5.69 Å². The van der Waals surface area contributed by atoms with Crippen molar-refractivity contribution in [2.75, 3.05) is 18.2 Å². The number of methoxy groups -OCH3 is 1. The summed E-state index contributed by atoms with van der Waals surface area (Å²) in [5.74, 6) is 1.71. The third-order valence-electron chi connectivity index (χ3n) is 4.89. The number of amides is 1. The second-order valence-electron chi connectivity index (χ2n) is 7.24. The maximum Gasteiger partial charge on any atom is 0.234 e. The fourth-order valence-electron chi connectivity index (χ4n) is 3.31. The Bertz CT molecular complexity index is 1270. The molecule has 9 heteroatoms. The Kier molecular flexibility index (Phi) is 7.72. The lowest BCUT2D eigenvalue weighted by atomic mass is 10.3. The maximum absolute atomic E-state index is 12.6. The highest BCUT2D eigenvalue weighted by Crippen LogP contribution is 2.31. The van der Waals surface area contributed by atoms with E-state index in [0.717, 1.165) is 5.69 Å². The Morgan fingerprint density at radius 2 is 1.68 bits per heavy atom. The minimum atomic E-state index is -0.440. The first-order valence-corrected chi connectivity index (χ1v) is 11.9. The number of aromatic nitrogens is 3. The molecule has 0 radical (unpaired) electrons. The van der Waals surface area contributed by atoms with Crippen molar-refractivity contribution in [2.45, 2.75) is 18.2 Å². The standard InChI is InChI=1S/C25H23ClN4O3S/c1-17(33-21-14-8-6-12-19(21)26)24-28-29-25(30(24)18-10-4-3-5-11-18)34-16-23(31)27-20-13-7-9-15-22(20)32-2/h3-15,17H,16H2,1-2H3,(H,27,31). The van der Waals surface area contributed by atoms with Crippen molar-refractivity contribution in [3.05, 3.63) is 89.7 Å². The number of rotatable bonds is 9. The first-order valence-electron chi connectivity index (χ1n) is 10.5. The van der Waals surface area contributed by atoms with Crippen LogP contribution in [0.5, 0.6) is 11.5 Å². The first kappa shape index (κ1) is 23.7. The molecule has 0 aliphatic rings. The molecular formula is C25H23ClN4O3S. The van der Waals surface area contributed by atoms with Gasteiger partial charge in [0.2, 0.25) is 5.91 Å². The molecule has 0 spiro atoms. The lowest BCUT2D eigenvalue weighted by Gasteiger charge is -2.17. The Labute approximate surface area is 207 Å². The van der Waals surface area contributed by atoms with Crippen LogP contribution >= 0.6 is 23.4 Å². The van der Waals surface area contributed by atoms with Crippen molar-refractivity contribution in [3.63, 3.8) is 0 Å². The third kappa shape index (κ3) is 5.52. The highest BCUT2D eigenvalue weighted by molar-refractivity contribution is 7.99. The summed E-state index contributed by atoms with van der Waals surface area (Å²) in [5.41, 5.74) is 1.48. The van der Waals surface area contributed by atoms with E-state index in [1.54, 1.807) is 31.4 Å². The average Bonchev–Trinajstić information content (AvgIpc) is 3.29. The predicted molar refractivity (Wildman–Crippen MR) is 134 cm³/mol. The number of carbonyl (C=O) groups excluding carboxylic acids is 1. The van der Waals surface area contributed by atoms with E-state index in [2.05, 4.69) is 15.5 Å². The summed E-state index contributed by atoms with van der Waals surface area (Å²) in [7, 11) is 1.56. The largest absolute Gasteiger partial charge is 0.495 e. The fourth-order valence-corrected chi connectivity index (χ4v) is 4.24. The lowest BCUT2D eigenvalue weighted by molar-refractivity contribution is -0.113. The number of ether oxygens (including phenoxy) is 2. The van der Waals surface area contributed by atoms with Crippen molar-refractivity contribution in [1.82, 2.24) is 14.8 Å². The summed E-state index contributed by atoms with van der Waals surface area (Å²) in [6, 6.07) is 24.3. The number of halogens is 1. The van der Waals surface area contributed by atoms with Gasteiger partial charge in [-0.1, -0.05) is 65.8 Å². The van der Waals surface area contributed by atoms with Crippen LogP contribution in [0.2, 0.25) is 5.02 Å². The predicted octanol–water partition coefficient (Wildman–Crippen LogP) is 5.80. The van der Waals surface area contributed by atoms with Gasteiger partial charge in [-0.15, -0.1) is 10.2 Å². The Balaban J connectivity index is 1.55. The quantitative estimate of drug-likeness (QED) is 0.296. The van der Waals surface area contributed by atoms with Gasteiger partial charge in [-0.05, 0) is 43.3 Å². The fraction of sp³-hybridized carbons (Fsp3) is 0.160. The molecule has 0 aliphatic heterocycles. The number of anilines is 1. The first-order chi connectivity index (χ1) is 16.6. The molecule has 0 saturated heterocycles. The number of carbonyl (C=O) groups is 1. The molecule has 0 fully saturated rings. The van der Waals surface area contributed by atoms with E-state index in [1.165, 1.54) is 11.8 Å². The molecule has 0 saturated carbocycles. The molecular weight excluding hydrogens is 472 g/mol. The highest BCUT2D eigenvalue weighted by Gasteiger charge is 2.22. The van der Waals surface area contributed by atoms with Gasteiger partial charge in [-0.3, -0.25) is 9.36 Å². The molecule has 7 nitrogen and oxygen atoms in total. The number of hydrogen-bond acceptors (Lipinski definition) is 6. The van der Waals surface area contributed by atoms with Crippen LogP contribution < -0.4 is 14.8 Å². The van der Waals surface area contributed by atoms with Gasteiger partial charge in [0.25, 0.3) is 0 Å². The second-order valence-corrected chi connectivity index (χ2v) is 8.59. The van der Waals surface area contributed by atoms with E-state index < -0.39 is 6.10 Å². The summed E-state index contributed by atoms with van der Waals surface area (Å²) >= 11 is 7.55. The SMILES string of the molecule is COc1ccccc1NC(=O)CSc1nnc(C(C)Oc2ccccc2Cl)n1-c1ccccc1. The van der Waals surface area contributed by atoms with Crippen LogP contribution in [0.4, 0.5) is 5.69 Å². The van der Waals surface area contributed by atoms with Crippen LogP contribution in [0.3, 0.4) is 0 Å². The molecule has 1 atom stereocenters. The number of nitrogens with zero attached hydrogens (tertiary/aromatic N) is 3. The van der Waals surface area contributed by atoms with E-state index in [4.69, 9.17) is 21.1 Å². The zero-order valence-corrected chi connectivity index (χ0v) is 20.2. The Hall–Kier alpha value is -3.49. The van der Waals surface area contributed by atoms with Crippen molar-refractivity contribution in [2.24, 2.45) is 0 Å².